The number of aromatic nitrogens is 4. The summed E-state index contributed by atoms with van der Waals surface area (Å²) in [6.07, 6.45) is 1.46. The number of anilines is 2. The van der Waals surface area contributed by atoms with E-state index < -0.39 is 11.6 Å². The lowest BCUT2D eigenvalue weighted by Crippen LogP contribution is -2.10. The first kappa shape index (κ1) is 21.2. The van der Waals surface area contributed by atoms with E-state index in [4.69, 9.17) is 4.74 Å². The van der Waals surface area contributed by atoms with Crippen molar-refractivity contribution in [3.8, 4) is 28.8 Å². The summed E-state index contributed by atoms with van der Waals surface area (Å²) in [6.45, 7) is 0.643. The van der Waals surface area contributed by atoms with E-state index >= 15 is 0 Å². The number of rotatable bonds is 5. The van der Waals surface area contributed by atoms with E-state index in [0.29, 0.717) is 29.2 Å². The molecular weight excluding hydrogens is 414 g/mol. The third-order valence-corrected chi connectivity index (χ3v) is 4.56. The molecule has 0 aliphatic heterocycles. The van der Waals surface area contributed by atoms with Crippen LogP contribution in [0.25, 0.3) is 22.4 Å². The quantitative estimate of drug-likeness (QED) is 0.463. The molecular formula is C23H20F2N6O. The van der Waals surface area contributed by atoms with Crippen LogP contribution in [0.4, 0.5) is 20.3 Å². The molecule has 0 radical (unpaired) electrons. The summed E-state index contributed by atoms with van der Waals surface area (Å²) >= 11 is 0. The Bertz CT molecular complexity index is 1340. The molecule has 4 rings (SSSR count). The summed E-state index contributed by atoms with van der Waals surface area (Å²) in [4.78, 5) is 10.8. The van der Waals surface area contributed by atoms with Crippen LogP contribution in [-0.4, -0.2) is 52.8 Å². The monoisotopic (exact) mass is 434 g/mol. The number of H-pyrrole nitrogens is 1. The standard InChI is InChI=1S/C23H20F2N6O/c1-31(2)10-4-5-14-6-9-19(32-3)16(11-14)21-22-23(30-29-21)28-20(13-26-22)27-18-8-7-15(24)12-17(18)25/h6-9,11-13H,10H2,1-3H3,(H2,27,28,29,30). The number of aromatic amines is 1. The Labute approximate surface area is 183 Å². The maximum Gasteiger partial charge on any atom is 0.202 e. The number of nitrogens with zero attached hydrogens (tertiary/aromatic N) is 4. The highest BCUT2D eigenvalue weighted by molar-refractivity contribution is 5.90. The lowest BCUT2D eigenvalue weighted by atomic mass is 10.1. The lowest BCUT2D eigenvalue weighted by Gasteiger charge is -2.08. The lowest BCUT2D eigenvalue weighted by molar-refractivity contribution is 0.416. The van der Waals surface area contributed by atoms with E-state index in [1.165, 1.54) is 12.3 Å². The highest BCUT2D eigenvalue weighted by Crippen LogP contribution is 2.33. The Hall–Kier alpha value is -4.03. The summed E-state index contributed by atoms with van der Waals surface area (Å²) in [7, 11) is 5.49. The highest BCUT2D eigenvalue weighted by Gasteiger charge is 2.16. The molecule has 0 bridgehead atoms. The third kappa shape index (κ3) is 4.50. The van der Waals surface area contributed by atoms with Gasteiger partial charge in [-0.05, 0) is 44.4 Å². The minimum Gasteiger partial charge on any atom is -0.496 e. The Kier molecular flexibility index (Phi) is 5.96. The Morgan fingerprint density at radius 1 is 1.16 bits per heavy atom. The number of fused-ring (bicyclic) bond motifs is 1. The zero-order valence-electron chi connectivity index (χ0n) is 17.7. The van der Waals surface area contributed by atoms with Crippen LogP contribution in [0.1, 0.15) is 5.56 Å². The third-order valence-electron chi connectivity index (χ3n) is 4.56. The second-order valence-corrected chi connectivity index (χ2v) is 7.23. The molecule has 2 aromatic carbocycles. The van der Waals surface area contributed by atoms with E-state index in [9.17, 15) is 8.78 Å². The van der Waals surface area contributed by atoms with Crippen LogP contribution in [0.15, 0.2) is 42.6 Å². The van der Waals surface area contributed by atoms with Crippen molar-refractivity contribution in [1.29, 1.82) is 0 Å². The fraction of sp³-hybridized carbons (Fsp3) is 0.174. The molecule has 0 spiro atoms. The van der Waals surface area contributed by atoms with Crippen LogP contribution in [-0.2, 0) is 0 Å². The van der Waals surface area contributed by atoms with Crippen molar-refractivity contribution in [2.24, 2.45) is 0 Å². The number of hydrogen-bond acceptors (Lipinski definition) is 6. The second-order valence-electron chi connectivity index (χ2n) is 7.23. The average Bonchev–Trinajstić information content (AvgIpc) is 3.18. The number of methoxy groups -OCH3 is 1. The van der Waals surface area contributed by atoms with Crippen LogP contribution in [0, 0.1) is 23.5 Å². The van der Waals surface area contributed by atoms with Gasteiger partial charge in [0.1, 0.15) is 22.9 Å². The largest absolute Gasteiger partial charge is 0.496 e. The molecule has 0 saturated heterocycles. The smallest absolute Gasteiger partial charge is 0.202 e. The van der Waals surface area contributed by atoms with Gasteiger partial charge >= 0.3 is 0 Å². The number of halogens is 2. The fourth-order valence-electron chi connectivity index (χ4n) is 3.05. The van der Waals surface area contributed by atoms with E-state index in [1.807, 2.05) is 37.2 Å². The first-order valence-corrected chi connectivity index (χ1v) is 9.70. The number of ether oxygens (including phenoxy) is 1. The fourth-order valence-corrected chi connectivity index (χ4v) is 3.05. The summed E-state index contributed by atoms with van der Waals surface area (Å²) in [5, 5.41) is 9.98. The topological polar surface area (TPSA) is 79.0 Å². The zero-order valence-corrected chi connectivity index (χ0v) is 17.7. The van der Waals surface area contributed by atoms with Crippen molar-refractivity contribution >= 4 is 22.7 Å². The molecule has 0 fully saturated rings. The van der Waals surface area contributed by atoms with Gasteiger partial charge in [0.2, 0.25) is 5.65 Å². The molecule has 0 amide bonds. The molecule has 0 aliphatic rings. The van der Waals surface area contributed by atoms with E-state index in [0.717, 1.165) is 23.3 Å². The van der Waals surface area contributed by atoms with Gasteiger partial charge in [0.25, 0.3) is 0 Å². The van der Waals surface area contributed by atoms with Crippen LogP contribution >= 0.6 is 0 Å². The predicted octanol–water partition coefficient (Wildman–Crippen LogP) is 3.96. The SMILES string of the molecule is COc1ccc(C#CCN(C)C)cc1-c1[nH]nc2nc(Nc3ccc(F)cc3F)cnc12. The van der Waals surface area contributed by atoms with Crippen molar-refractivity contribution in [2.45, 2.75) is 0 Å². The first-order chi connectivity index (χ1) is 15.4. The highest BCUT2D eigenvalue weighted by atomic mass is 19.1. The van der Waals surface area contributed by atoms with E-state index in [1.54, 1.807) is 7.11 Å². The molecule has 0 unspecified atom stereocenters. The molecule has 0 atom stereocenters. The Morgan fingerprint density at radius 3 is 2.75 bits per heavy atom. The van der Waals surface area contributed by atoms with Gasteiger partial charge < -0.3 is 10.1 Å². The van der Waals surface area contributed by atoms with E-state index in [-0.39, 0.29) is 11.5 Å². The number of nitrogens with one attached hydrogen (secondary N) is 2. The van der Waals surface area contributed by atoms with Gasteiger partial charge in [-0.1, -0.05) is 11.8 Å². The molecule has 7 nitrogen and oxygen atoms in total. The molecule has 2 aromatic heterocycles. The Morgan fingerprint density at radius 2 is 2.00 bits per heavy atom. The predicted molar refractivity (Wildman–Crippen MR) is 119 cm³/mol. The molecule has 2 N–H and O–H groups in total. The molecule has 0 saturated carbocycles. The summed E-state index contributed by atoms with van der Waals surface area (Å²) < 4.78 is 32.6. The molecule has 0 aliphatic carbocycles. The maximum absolute atomic E-state index is 13.9. The maximum atomic E-state index is 13.9. The Balaban J connectivity index is 1.68. The van der Waals surface area contributed by atoms with Crippen LogP contribution in [0.5, 0.6) is 5.75 Å². The van der Waals surface area contributed by atoms with Crippen molar-refractivity contribution in [3.63, 3.8) is 0 Å². The number of benzene rings is 2. The van der Waals surface area contributed by atoms with Crippen LogP contribution < -0.4 is 10.1 Å². The van der Waals surface area contributed by atoms with Crippen molar-refractivity contribution < 1.29 is 13.5 Å². The van der Waals surface area contributed by atoms with Crippen molar-refractivity contribution in [3.05, 3.63) is 59.8 Å². The van der Waals surface area contributed by atoms with E-state index in [2.05, 4.69) is 37.3 Å². The minimum atomic E-state index is -0.730. The van der Waals surface area contributed by atoms with Gasteiger partial charge in [-0.25, -0.2) is 18.7 Å². The summed E-state index contributed by atoms with van der Waals surface area (Å²) in [6, 6.07) is 8.86. The average molecular weight is 434 g/mol. The van der Waals surface area contributed by atoms with Crippen molar-refractivity contribution in [1.82, 2.24) is 25.1 Å². The van der Waals surface area contributed by atoms with Gasteiger partial charge in [0, 0.05) is 17.2 Å². The molecule has 162 valence electrons. The molecule has 4 aromatic rings. The minimum absolute atomic E-state index is 0.0847. The van der Waals surface area contributed by atoms with Gasteiger partial charge in [0.05, 0.1) is 31.2 Å². The van der Waals surface area contributed by atoms with Gasteiger partial charge in [-0.3, -0.25) is 10.00 Å². The number of hydrogen-bond donors (Lipinski definition) is 2. The molecule has 2 heterocycles. The molecule has 32 heavy (non-hydrogen) atoms. The molecule has 9 heteroatoms. The van der Waals surface area contributed by atoms with Gasteiger partial charge in [0.15, 0.2) is 5.82 Å². The normalized spacial score (nSPS) is 10.8. The summed E-state index contributed by atoms with van der Waals surface area (Å²) in [5.74, 6) is 5.76. The van der Waals surface area contributed by atoms with Gasteiger partial charge in [-0.2, -0.15) is 5.10 Å². The van der Waals surface area contributed by atoms with Crippen molar-refractivity contribution in [2.75, 3.05) is 33.1 Å². The van der Waals surface area contributed by atoms with Crippen LogP contribution in [0.3, 0.4) is 0 Å². The zero-order chi connectivity index (χ0) is 22.7. The van der Waals surface area contributed by atoms with Crippen LogP contribution in [0.2, 0.25) is 0 Å². The first-order valence-electron chi connectivity index (χ1n) is 9.70. The second kappa shape index (κ2) is 8.99. The van der Waals surface area contributed by atoms with Gasteiger partial charge in [-0.15, -0.1) is 0 Å². The summed E-state index contributed by atoms with van der Waals surface area (Å²) in [5.41, 5.74) is 3.13.